The van der Waals surface area contributed by atoms with Crippen LogP contribution in [0.25, 0.3) is 130 Å². The van der Waals surface area contributed by atoms with Crippen LogP contribution in [0.5, 0.6) is 0 Å². The number of aryl methyl sites for hydroxylation is 1. The average Bonchev–Trinajstić information content (AvgIpc) is 4.18. The molecule has 0 N–H and O–H groups in total. The lowest BCUT2D eigenvalue weighted by molar-refractivity contribution is 0.590. The van der Waals surface area contributed by atoms with Gasteiger partial charge in [-0.3, -0.25) is 9.55 Å². The summed E-state index contributed by atoms with van der Waals surface area (Å²) in [5.74, 6) is 0.815. The van der Waals surface area contributed by atoms with Gasteiger partial charge in [0.25, 0.3) is 0 Å². The maximum absolute atomic E-state index is 6.81. The first-order valence-electron chi connectivity index (χ1n) is 23.4. The average molecular weight is 888 g/mol. The molecule has 5 heteroatoms. The maximum atomic E-state index is 6.81. The summed E-state index contributed by atoms with van der Waals surface area (Å²) in [6.07, 6.45) is 3.80. The van der Waals surface area contributed by atoms with Gasteiger partial charge in [-0.15, -0.1) is 11.3 Å². The molecule has 0 spiro atoms. The van der Waals surface area contributed by atoms with Gasteiger partial charge in [0.2, 0.25) is 5.88 Å². The van der Waals surface area contributed by atoms with Gasteiger partial charge in [-0.2, -0.15) is 0 Å². The Morgan fingerprint density at radius 2 is 1.21 bits per heavy atom. The maximum Gasteiger partial charge on any atom is 0.205 e. The Kier molecular flexibility index (Phi) is 7.62. The van der Waals surface area contributed by atoms with Crippen molar-refractivity contribution < 1.29 is 4.42 Å². The standard InChI is InChI=1S/C63H41N3OS/c1-36-18-23-42(24-19-36)65-53-26-22-39(41-12-10-28-64-35-41)30-47(53)48-33-50-57(34-55(48)65)68-62-59(50)44-14-5-6-15-45(44)61-60(62)49-31-38(21-27-54(49)66(61)58-32-40-11-4-9-17-56(40)67-58)37-20-25-52-46(29-37)43-13-7-8-16-51(43)63(52,2)3/h4-35H,1-3H3. The fourth-order valence-corrected chi connectivity index (χ4v) is 13.1. The predicted octanol–water partition coefficient (Wildman–Crippen LogP) is 17.5. The van der Waals surface area contributed by atoms with Crippen LogP contribution in [0.15, 0.2) is 199 Å². The Hall–Kier alpha value is -8.25. The van der Waals surface area contributed by atoms with Gasteiger partial charge in [-0.05, 0) is 118 Å². The quantitative estimate of drug-likeness (QED) is 0.176. The summed E-state index contributed by atoms with van der Waals surface area (Å²) in [6, 6.07) is 67.6. The van der Waals surface area contributed by atoms with Crippen LogP contribution in [0, 0.1) is 6.92 Å². The van der Waals surface area contributed by atoms with Crippen LogP contribution in [0.4, 0.5) is 0 Å². The molecule has 15 rings (SSSR count). The van der Waals surface area contributed by atoms with Gasteiger partial charge in [0.15, 0.2) is 0 Å². The van der Waals surface area contributed by atoms with E-state index in [1.54, 1.807) is 0 Å². The summed E-state index contributed by atoms with van der Waals surface area (Å²) in [6.45, 7) is 6.86. The molecule has 4 nitrogen and oxygen atoms in total. The van der Waals surface area contributed by atoms with Crippen molar-refractivity contribution in [1.29, 1.82) is 0 Å². The molecule has 0 amide bonds. The second-order valence-electron chi connectivity index (χ2n) is 19.2. The highest BCUT2D eigenvalue weighted by Crippen LogP contribution is 2.52. The highest BCUT2D eigenvalue weighted by Gasteiger charge is 2.35. The third-order valence-electron chi connectivity index (χ3n) is 15.1. The van der Waals surface area contributed by atoms with Crippen molar-refractivity contribution in [3.05, 3.63) is 211 Å². The molecule has 0 atom stereocenters. The van der Waals surface area contributed by atoms with E-state index in [4.69, 9.17) is 4.42 Å². The molecule has 0 aliphatic heterocycles. The highest BCUT2D eigenvalue weighted by atomic mass is 32.1. The van der Waals surface area contributed by atoms with Crippen LogP contribution in [-0.2, 0) is 5.41 Å². The second kappa shape index (κ2) is 13.7. The van der Waals surface area contributed by atoms with Gasteiger partial charge in [0.1, 0.15) is 5.58 Å². The molecule has 0 saturated carbocycles. The van der Waals surface area contributed by atoms with Gasteiger partial charge >= 0.3 is 0 Å². The smallest absolute Gasteiger partial charge is 0.205 e. The number of hydrogen-bond acceptors (Lipinski definition) is 3. The summed E-state index contributed by atoms with van der Waals surface area (Å²) < 4.78 is 14.2. The minimum absolute atomic E-state index is 0.0522. The molecule has 320 valence electrons. The van der Waals surface area contributed by atoms with Crippen LogP contribution in [0.1, 0.15) is 30.5 Å². The number of pyridine rings is 1. The minimum atomic E-state index is -0.0522. The van der Waals surface area contributed by atoms with Crippen molar-refractivity contribution in [3.8, 4) is 45.0 Å². The normalized spacial score (nSPS) is 13.3. The Morgan fingerprint density at radius 3 is 2.04 bits per heavy atom. The zero-order chi connectivity index (χ0) is 45.0. The number of furan rings is 1. The molecule has 0 unspecified atom stereocenters. The lowest BCUT2D eigenvalue weighted by atomic mass is 9.82. The van der Waals surface area contributed by atoms with Gasteiger partial charge in [-0.25, -0.2) is 0 Å². The number of para-hydroxylation sites is 1. The number of benzene rings is 9. The van der Waals surface area contributed by atoms with Crippen molar-refractivity contribution in [3.63, 3.8) is 0 Å². The zero-order valence-corrected chi connectivity index (χ0v) is 38.4. The van der Waals surface area contributed by atoms with E-state index < -0.39 is 0 Å². The van der Waals surface area contributed by atoms with E-state index >= 15 is 0 Å². The Morgan fingerprint density at radius 1 is 0.500 bits per heavy atom. The SMILES string of the molecule is Cc1ccc(-n2c3ccc(-c4cccnc4)cc3c3cc4c(cc32)sc2c4c3ccccc3c3c2c2cc(-c4ccc5c(c4)-c4ccccc4C5(C)C)ccc2n3-c2cc3ccccc3o2)cc1. The van der Waals surface area contributed by atoms with E-state index in [9.17, 15) is 0 Å². The molecule has 5 aromatic heterocycles. The molecule has 0 radical (unpaired) electrons. The number of thiophene rings is 1. The van der Waals surface area contributed by atoms with Crippen LogP contribution < -0.4 is 0 Å². The third kappa shape index (κ3) is 5.17. The van der Waals surface area contributed by atoms with E-state index in [0.29, 0.717) is 0 Å². The van der Waals surface area contributed by atoms with Crippen LogP contribution in [-0.4, -0.2) is 14.1 Å². The first-order valence-corrected chi connectivity index (χ1v) is 24.2. The summed E-state index contributed by atoms with van der Waals surface area (Å²) in [5, 5.41) is 11.0. The Bertz CT molecular complexity index is 4430. The van der Waals surface area contributed by atoms with Gasteiger partial charge in [0, 0.05) is 87.6 Å². The summed E-state index contributed by atoms with van der Waals surface area (Å²) in [4.78, 5) is 4.48. The van der Waals surface area contributed by atoms with E-state index in [-0.39, 0.29) is 5.41 Å². The summed E-state index contributed by atoms with van der Waals surface area (Å²) in [7, 11) is 0. The van der Waals surface area contributed by atoms with Gasteiger partial charge in [0.05, 0.1) is 22.1 Å². The molecule has 1 aliphatic rings. The van der Waals surface area contributed by atoms with Crippen molar-refractivity contribution >= 4 is 96.9 Å². The Labute approximate surface area is 395 Å². The molecular formula is C63H41N3OS. The number of rotatable bonds is 4. The molecule has 68 heavy (non-hydrogen) atoms. The highest BCUT2D eigenvalue weighted by molar-refractivity contribution is 7.27. The fraction of sp³-hybridized carbons (Fsp3) is 0.0635. The molecule has 14 aromatic rings. The lowest BCUT2D eigenvalue weighted by Gasteiger charge is -2.21. The third-order valence-corrected chi connectivity index (χ3v) is 16.2. The van der Waals surface area contributed by atoms with E-state index in [1.807, 2.05) is 29.8 Å². The molecule has 5 heterocycles. The van der Waals surface area contributed by atoms with Crippen molar-refractivity contribution in [2.45, 2.75) is 26.2 Å². The fourth-order valence-electron chi connectivity index (χ4n) is 11.8. The van der Waals surface area contributed by atoms with Gasteiger partial charge in [-0.1, -0.05) is 129 Å². The van der Waals surface area contributed by atoms with Crippen LogP contribution in [0.2, 0.25) is 0 Å². The summed E-state index contributed by atoms with van der Waals surface area (Å²) in [5.41, 5.74) is 18.0. The molecule has 9 aromatic carbocycles. The van der Waals surface area contributed by atoms with Crippen molar-refractivity contribution in [2.75, 3.05) is 0 Å². The minimum Gasteiger partial charge on any atom is -0.440 e. The monoisotopic (exact) mass is 887 g/mol. The molecule has 0 fully saturated rings. The Balaban J connectivity index is 1.06. The zero-order valence-electron chi connectivity index (χ0n) is 37.6. The van der Waals surface area contributed by atoms with Crippen LogP contribution in [0.3, 0.4) is 0 Å². The number of aromatic nitrogens is 3. The number of hydrogen-bond donors (Lipinski definition) is 0. The van der Waals surface area contributed by atoms with Crippen LogP contribution >= 0.6 is 11.3 Å². The first kappa shape index (κ1) is 37.9. The van der Waals surface area contributed by atoms with E-state index in [1.165, 1.54) is 102 Å². The number of fused-ring (bicyclic) bond motifs is 17. The number of nitrogens with zero attached hydrogens (tertiary/aromatic N) is 3. The predicted molar refractivity (Wildman–Crippen MR) is 286 cm³/mol. The van der Waals surface area contributed by atoms with E-state index in [0.717, 1.165) is 44.7 Å². The largest absolute Gasteiger partial charge is 0.440 e. The van der Waals surface area contributed by atoms with E-state index in [2.05, 4.69) is 211 Å². The lowest BCUT2D eigenvalue weighted by Crippen LogP contribution is -2.14. The molecule has 1 aliphatic carbocycles. The molecular weight excluding hydrogens is 847 g/mol. The molecule has 0 bridgehead atoms. The van der Waals surface area contributed by atoms with Gasteiger partial charge < -0.3 is 8.98 Å². The second-order valence-corrected chi connectivity index (χ2v) is 20.3. The van der Waals surface area contributed by atoms with Crippen molar-refractivity contribution in [1.82, 2.24) is 14.1 Å². The topological polar surface area (TPSA) is 35.9 Å². The first-order chi connectivity index (χ1) is 33.4. The molecule has 0 saturated heterocycles. The van der Waals surface area contributed by atoms with Crippen molar-refractivity contribution in [2.24, 2.45) is 0 Å². The summed E-state index contributed by atoms with van der Waals surface area (Å²) >= 11 is 1.91.